The van der Waals surface area contributed by atoms with Gasteiger partial charge in [-0.2, -0.15) is 4.98 Å². The molecule has 0 unspecified atom stereocenters. The zero-order valence-corrected chi connectivity index (χ0v) is 11.1. The minimum Gasteiger partial charge on any atom is -0.383 e. The Bertz CT molecular complexity index is 365. The Balaban J connectivity index is 1.94. The molecule has 0 atom stereocenters. The summed E-state index contributed by atoms with van der Waals surface area (Å²) in [7, 11) is 3.83. The monoisotopic (exact) mass is 251 g/mol. The lowest BCUT2D eigenvalue weighted by Gasteiger charge is -2.33. The topological polar surface area (TPSA) is 53.5 Å². The molecule has 1 aromatic heterocycles. The number of aromatic nitrogens is 2. The summed E-state index contributed by atoms with van der Waals surface area (Å²) in [4.78, 5) is 13.4. The third-order valence-electron chi connectivity index (χ3n) is 3.06. The third kappa shape index (κ3) is 3.54. The molecule has 2 heterocycles. The summed E-state index contributed by atoms with van der Waals surface area (Å²) in [6, 6.07) is 1.97. The number of hydrogen-bond donors (Lipinski definition) is 1. The number of nitrogens with zero attached hydrogens (tertiary/aromatic N) is 4. The van der Waals surface area contributed by atoms with Crippen LogP contribution in [0, 0.1) is 0 Å². The molecule has 18 heavy (non-hydrogen) atoms. The zero-order valence-electron chi connectivity index (χ0n) is 11.1. The third-order valence-corrected chi connectivity index (χ3v) is 3.06. The van der Waals surface area contributed by atoms with Crippen molar-refractivity contribution < 1.29 is 4.74 Å². The summed E-state index contributed by atoms with van der Waals surface area (Å²) in [6.45, 7) is 5.58. The van der Waals surface area contributed by atoms with E-state index in [2.05, 4.69) is 32.1 Å². The van der Waals surface area contributed by atoms with Crippen molar-refractivity contribution in [1.82, 2.24) is 14.9 Å². The normalized spacial score (nSPS) is 16.9. The summed E-state index contributed by atoms with van der Waals surface area (Å²) in [5.74, 6) is 1.67. The van der Waals surface area contributed by atoms with Crippen LogP contribution in [0.1, 0.15) is 0 Å². The van der Waals surface area contributed by atoms with Crippen LogP contribution >= 0.6 is 0 Å². The fraction of sp³-hybridized carbons (Fsp3) is 0.667. The smallest absolute Gasteiger partial charge is 0.224 e. The molecule has 100 valence electrons. The molecule has 6 nitrogen and oxygen atoms in total. The molecule has 1 aliphatic heterocycles. The van der Waals surface area contributed by atoms with E-state index in [0.29, 0.717) is 12.6 Å². The highest BCUT2D eigenvalue weighted by Gasteiger charge is 2.15. The Hall–Kier alpha value is -1.40. The molecule has 0 bridgehead atoms. The van der Waals surface area contributed by atoms with E-state index < -0.39 is 0 Å². The van der Waals surface area contributed by atoms with Crippen LogP contribution in [0.2, 0.25) is 0 Å². The van der Waals surface area contributed by atoms with Crippen molar-refractivity contribution in [2.24, 2.45) is 0 Å². The van der Waals surface area contributed by atoms with Gasteiger partial charge in [-0.1, -0.05) is 0 Å². The van der Waals surface area contributed by atoms with Gasteiger partial charge in [0.05, 0.1) is 6.61 Å². The molecule has 6 heteroatoms. The molecular weight excluding hydrogens is 230 g/mol. The lowest BCUT2D eigenvalue weighted by atomic mass is 10.3. The molecule has 0 spiro atoms. The van der Waals surface area contributed by atoms with Crippen molar-refractivity contribution in [3.05, 3.63) is 12.3 Å². The van der Waals surface area contributed by atoms with Crippen molar-refractivity contribution in [2.45, 2.75) is 0 Å². The molecule has 0 saturated carbocycles. The second-order valence-electron chi connectivity index (χ2n) is 4.45. The van der Waals surface area contributed by atoms with E-state index >= 15 is 0 Å². The molecule has 1 aromatic rings. The Morgan fingerprint density at radius 1 is 1.33 bits per heavy atom. The average Bonchev–Trinajstić information content (AvgIpc) is 2.40. The van der Waals surface area contributed by atoms with Crippen molar-refractivity contribution in [3.8, 4) is 0 Å². The number of anilines is 2. The number of nitrogens with one attached hydrogen (secondary N) is 1. The van der Waals surface area contributed by atoms with Crippen molar-refractivity contribution in [2.75, 3.05) is 63.7 Å². The van der Waals surface area contributed by atoms with Gasteiger partial charge < -0.3 is 19.9 Å². The first-order valence-corrected chi connectivity index (χ1v) is 6.29. The minimum absolute atomic E-state index is 0.655. The first-order valence-electron chi connectivity index (χ1n) is 6.29. The highest BCUT2D eigenvalue weighted by atomic mass is 16.5. The van der Waals surface area contributed by atoms with E-state index in [1.165, 1.54) is 0 Å². The molecule has 2 rings (SSSR count). The van der Waals surface area contributed by atoms with Crippen LogP contribution in [0.3, 0.4) is 0 Å². The molecule has 1 fully saturated rings. The first kappa shape index (κ1) is 13.0. The van der Waals surface area contributed by atoms with E-state index in [9.17, 15) is 0 Å². The van der Waals surface area contributed by atoms with Crippen LogP contribution in [0.15, 0.2) is 12.3 Å². The van der Waals surface area contributed by atoms with Crippen LogP contribution < -0.4 is 10.2 Å². The van der Waals surface area contributed by atoms with Crippen molar-refractivity contribution in [1.29, 1.82) is 0 Å². The van der Waals surface area contributed by atoms with Gasteiger partial charge in [-0.05, 0) is 13.1 Å². The molecule has 0 aliphatic carbocycles. The van der Waals surface area contributed by atoms with Gasteiger partial charge in [-0.25, -0.2) is 4.98 Å². The van der Waals surface area contributed by atoms with Crippen LogP contribution in [0.5, 0.6) is 0 Å². The first-order chi connectivity index (χ1) is 8.79. The SMILES string of the molecule is COCCNc1nccc(N2CCN(C)CC2)n1. The summed E-state index contributed by atoms with van der Waals surface area (Å²) in [5.41, 5.74) is 0. The van der Waals surface area contributed by atoms with Crippen LogP contribution in [-0.4, -0.2) is 68.4 Å². The number of methoxy groups -OCH3 is 1. The maximum atomic E-state index is 4.99. The fourth-order valence-electron chi connectivity index (χ4n) is 1.91. The highest BCUT2D eigenvalue weighted by Crippen LogP contribution is 2.13. The number of piperazine rings is 1. The highest BCUT2D eigenvalue weighted by molar-refractivity contribution is 5.42. The van der Waals surface area contributed by atoms with Gasteiger partial charge in [0.1, 0.15) is 5.82 Å². The number of rotatable bonds is 5. The molecule has 0 aromatic carbocycles. The van der Waals surface area contributed by atoms with Crippen LogP contribution in [-0.2, 0) is 4.74 Å². The van der Waals surface area contributed by atoms with Gasteiger partial charge in [-0.15, -0.1) is 0 Å². The van der Waals surface area contributed by atoms with Crippen LogP contribution in [0.25, 0.3) is 0 Å². The van der Waals surface area contributed by atoms with Gasteiger partial charge in [0.15, 0.2) is 0 Å². The quantitative estimate of drug-likeness (QED) is 0.759. The predicted molar refractivity (Wildman–Crippen MR) is 72.1 cm³/mol. The van der Waals surface area contributed by atoms with Gasteiger partial charge in [-0.3, -0.25) is 0 Å². The standard InChI is InChI=1S/C12H21N5O/c1-16-6-8-17(9-7-16)11-3-4-13-12(15-11)14-5-10-18-2/h3-4H,5-10H2,1-2H3,(H,13,14,15). The molecule has 1 N–H and O–H groups in total. The lowest BCUT2D eigenvalue weighted by Crippen LogP contribution is -2.44. The second kappa shape index (κ2) is 6.51. The summed E-state index contributed by atoms with van der Waals surface area (Å²) < 4.78 is 4.99. The number of likely N-dealkylation sites (N-methyl/N-ethyl adjacent to an activating group) is 1. The largest absolute Gasteiger partial charge is 0.383 e. The Morgan fingerprint density at radius 2 is 2.11 bits per heavy atom. The minimum atomic E-state index is 0.655. The average molecular weight is 251 g/mol. The van der Waals surface area contributed by atoms with Crippen LogP contribution in [0.4, 0.5) is 11.8 Å². The Labute approximate surface area is 108 Å². The Kier molecular flexibility index (Phi) is 4.72. The van der Waals surface area contributed by atoms with E-state index in [0.717, 1.165) is 38.5 Å². The van der Waals surface area contributed by atoms with Gasteiger partial charge in [0, 0.05) is 46.0 Å². The van der Waals surface area contributed by atoms with E-state index in [-0.39, 0.29) is 0 Å². The molecule has 1 aliphatic rings. The number of hydrogen-bond acceptors (Lipinski definition) is 6. The predicted octanol–water partition coefficient (Wildman–Crippen LogP) is 0.287. The van der Waals surface area contributed by atoms with Crippen molar-refractivity contribution >= 4 is 11.8 Å². The Morgan fingerprint density at radius 3 is 2.83 bits per heavy atom. The maximum absolute atomic E-state index is 4.99. The zero-order chi connectivity index (χ0) is 12.8. The van der Waals surface area contributed by atoms with E-state index in [1.54, 1.807) is 13.3 Å². The molecule has 0 amide bonds. The van der Waals surface area contributed by atoms with E-state index in [4.69, 9.17) is 4.74 Å². The van der Waals surface area contributed by atoms with Gasteiger partial charge in [0.25, 0.3) is 0 Å². The summed E-state index contributed by atoms with van der Waals surface area (Å²) >= 11 is 0. The maximum Gasteiger partial charge on any atom is 0.224 e. The second-order valence-corrected chi connectivity index (χ2v) is 4.45. The van der Waals surface area contributed by atoms with E-state index in [1.807, 2.05) is 6.07 Å². The summed E-state index contributed by atoms with van der Waals surface area (Å²) in [6.07, 6.45) is 1.80. The van der Waals surface area contributed by atoms with Gasteiger partial charge >= 0.3 is 0 Å². The fourth-order valence-corrected chi connectivity index (χ4v) is 1.91. The lowest BCUT2D eigenvalue weighted by molar-refractivity contribution is 0.210. The number of ether oxygens (including phenoxy) is 1. The van der Waals surface area contributed by atoms with Crippen molar-refractivity contribution in [3.63, 3.8) is 0 Å². The summed E-state index contributed by atoms with van der Waals surface area (Å²) in [5, 5.41) is 3.15. The molecular formula is C12H21N5O. The molecule has 0 radical (unpaired) electrons. The van der Waals surface area contributed by atoms with Gasteiger partial charge in [0.2, 0.25) is 5.95 Å². The molecule has 1 saturated heterocycles.